The zero-order valence-electron chi connectivity index (χ0n) is 11.2. The van der Waals surface area contributed by atoms with Gasteiger partial charge in [-0.05, 0) is 24.7 Å². The van der Waals surface area contributed by atoms with Gasteiger partial charge < -0.3 is 23.7 Å². The maximum Gasteiger partial charge on any atom is 0.508 e. The first kappa shape index (κ1) is 11.8. The number of epoxide rings is 1. The van der Waals surface area contributed by atoms with E-state index in [4.69, 9.17) is 23.7 Å². The van der Waals surface area contributed by atoms with E-state index in [0.29, 0.717) is 50.5 Å². The van der Waals surface area contributed by atoms with Crippen LogP contribution < -0.4 is 0 Å². The van der Waals surface area contributed by atoms with Crippen LogP contribution in [0, 0.1) is 23.2 Å². The van der Waals surface area contributed by atoms with Gasteiger partial charge in [0.2, 0.25) is 0 Å². The molecule has 6 heteroatoms. The standard InChI is InChI=1S/C14H18O6/c15-13-18-5-14(6-19-13)3-16-12(17-4-14)9-2-7-1-8(9)11-10(7)20-11/h7-12H,1-6H2. The van der Waals surface area contributed by atoms with Crippen LogP contribution in [-0.2, 0) is 23.7 Å². The second kappa shape index (κ2) is 3.87. The Kier molecular flexibility index (Phi) is 2.28. The number of carbonyl (C=O) groups excluding carboxylic acids is 1. The van der Waals surface area contributed by atoms with Crippen LogP contribution in [-0.4, -0.2) is 51.1 Å². The summed E-state index contributed by atoms with van der Waals surface area (Å²) in [5.41, 5.74) is -0.319. The average Bonchev–Trinajstić information content (AvgIpc) is 3.08. The van der Waals surface area contributed by atoms with Crippen molar-refractivity contribution in [1.29, 1.82) is 0 Å². The molecule has 0 aromatic rings. The Morgan fingerprint density at radius 2 is 1.60 bits per heavy atom. The summed E-state index contributed by atoms with van der Waals surface area (Å²) in [5.74, 6) is 1.80. The Morgan fingerprint density at radius 1 is 0.900 bits per heavy atom. The minimum Gasteiger partial charge on any atom is -0.433 e. The van der Waals surface area contributed by atoms with Crippen LogP contribution in [0.4, 0.5) is 4.79 Å². The first-order chi connectivity index (χ1) is 9.74. The summed E-state index contributed by atoms with van der Waals surface area (Å²) in [6.07, 6.45) is 2.73. The van der Waals surface area contributed by atoms with E-state index < -0.39 is 6.16 Å². The molecular formula is C14H18O6. The number of rotatable bonds is 1. The number of ether oxygens (including phenoxy) is 5. The summed E-state index contributed by atoms with van der Waals surface area (Å²) in [7, 11) is 0. The van der Waals surface area contributed by atoms with Crippen molar-refractivity contribution >= 4 is 6.16 Å². The molecule has 5 fully saturated rings. The van der Waals surface area contributed by atoms with Crippen LogP contribution in [0.1, 0.15) is 12.8 Å². The van der Waals surface area contributed by atoms with Crippen molar-refractivity contribution in [2.45, 2.75) is 31.3 Å². The van der Waals surface area contributed by atoms with E-state index in [1.165, 1.54) is 6.42 Å². The van der Waals surface area contributed by atoms with Crippen molar-refractivity contribution in [3.8, 4) is 0 Å². The summed E-state index contributed by atoms with van der Waals surface area (Å²) < 4.78 is 27.5. The zero-order chi connectivity index (χ0) is 13.3. The number of fused-ring (bicyclic) bond motifs is 5. The molecule has 20 heavy (non-hydrogen) atoms. The van der Waals surface area contributed by atoms with Crippen LogP contribution in [0.25, 0.3) is 0 Å². The van der Waals surface area contributed by atoms with Crippen LogP contribution in [0.2, 0.25) is 0 Å². The molecular weight excluding hydrogens is 264 g/mol. The Balaban J connectivity index is 1.23. The Bertz CT molecular complexity index is 431. The molecule has 5 aliphatic rings. The molecule has 2 saturated carbocycles. The highest BCUT2D eigenvalue weighted by Gasteiger charge is 2.65. The molecule has 5 atom stereocenters. The van der Waals surface area contributed by atoms with Gasteiger partial charge in [-0.25, -0.2) is 4.79 Å². The van der Waals surface area contributed by atoms with Crippen molar-refractivity contribution in [3.63, 3.8) is 0 Å². The molecule has 110 valence electrons. The van der Waals surface area contributed by atoms with E-state index in [-0.39, 0.29) is 11.7 Å². The lowest BCUT2D eigenvalue weighted by Crippen LogP contribution is -2.53. The predicted molar refractivity (Wildman–Crippen MR) is 63.8 cm³/mol. The minimum absolute atomic E-state index is 0.126. The third kappa shape index (κ3) is 1.58. The summed E-state index contributed by atoms with van der Waals surface area (Å²) in [6.45, 7) is 1.72. The van der Waals surface area contributed by atoms with Crippen molar-refractivity contribution in [2.75, 3.05) is 26.4 Å². The molecule has 2 aliphatic carbocycles. The highest BCUT2D eigenvalue weighted by atomic mass is 16.7. The van der Waals surface area contributed by atoms with Gasteiger partial charge in [0, 0.05) is 5.92 Å². The van der Waals surface area contributed by atoms with Crippen molar-refractivity contribution in [3.05, 3.63) is 0 Å². The molecule has 0 aromatic heterocycles. The normalized spacial score (nSPS) is 48.8. The molecule has 5 rings (SSSR count). The lowest BCUT2D eigenvalue weighted by molar-refractivity contribution is -0.274. The minimum atomic E-state index is -0.595. The van der Waals surface area contributed by atoms with Crippen LogP contribution in [0.5, 0.6) is 0 Å². The first-order valence-corrected chi connectivity index (χ1v) is 7.42. The van der Waals surface area contributed by atoms with E-state index in [9.17, 15) is 4.79 Å². The lowest BCUT2D eigenvalue weighted by atomic mass is 9.86. The molecule has 0 N–H and O–H groups in total. The van der Waals surface area contributed by atoms with Crippen molar-refractivity contribution in [1.82, 2.24) is 0 Å². The Hall–Kier alpha value is -0.850. The molecule has 3 heterocycles. The molecule has 3 aliphatic heterocycles. The fraction of sp³-hybridized carbons (Fsp3) is 0.929. The molecule has 0 aromatic carbocycles. The number of hydrogen-bond acceptors (Lipinski definition) is 6. The van der Waals surface area contributed by atoms with Gasteiger partial charge in [-0.15, -0.1) is 0 Å². The summed E-state index contributed by atoms with van der Waals surface area (Å²) in [4.78, 5) is 10.9. The van der Waals surface area contributed by atoms with Gasteiger partial charge in [-0.3, -0.25) is 0 Å². The van der Waals surface area contributed by atoms with Crippen LogP contribution in [0.15, 0.2) is 0 Å². The summed E-state index contributed by atoms with van der Waals surface area (Å²) in [5, 5.41) is 0. The van der Waals surface area contributed by atoms with Gasteiger partial charge in [0.15, 0.2) is 6.29 Å². The first-order valence-electron chi connectivity index (χ1n) is 7.42. The Morgan fingerprint density at radius 3 is 2.25 bits per heavy atom. The van der Waals surface area contributed by atoms with Crippen molar-refractivity contribution in [2.24, 2.45) is 23.2 Å². The monoisotopic (exact) mass is 282 g/mol. The number of cyclic esters (lactones) is 2. The van der Waals surface area contributed by atoms with E-state index in [1.54, 1.807) is 0 Å². The number of hydrogen-bond donors (Lipinski definition) is 0. The maximum absolute atomic E-state index is 10.9. The smallest absolute Gasteiger partial charge is 0.433 e. The molecule has 0 radical (unpaired) electrons. The Labute approximate surface area is 116 Å². The van der Waals surface area contributed by atoms with Crippen LogP contribution >= 0.6 is 0 Å². The molecule has 6 nitrogen and oxygen atoms in total. The summed E-state index contributed by atoms with van der Waals surface area (Å²) in [6, 6.07) is 0. The third-order valence-corrected chi connectivity index (χ3v) is 5.60. The largest absolute Gasteiger partial charge is 0.508 e. The van der Waals surface area contributed by atoms with Gasteiger partial charge >= 0.3 is 6.16 Å². The van der Waals surface area contributed by atoms with Gasteiger partial charge in [-0.1, -0.05) is 0 Å². The second-order valence-electron chi connectivity index (χ2n) is 6.94. The molecule has 1 spiro atoms. The predicted octanol–water partition coefficient (Wildman–Crippen LogP) is 0.936. The van der Waals surface area contributed by atoms with Crippen LogP contribution in [0.3, 0.4) is 0 Å². The summed E-state index contributed by atoms with van der Waals surface area (Å²) >= 11 is 0. The zero-order valence-corrected chi connectivity index (χ0v) is 11.2. The van der Waals surface area contributed by atoms with E-state index in [1.807, 2.05) is 0 Å². The quantitative estimate of drug-likeness (QED) is 0.526. The van der Waals surface area contributed by atoms with Crippen molar-refractivity contribution < 1.29 is 28.5 Å². The molecule has 3 saturated heterocycles. The average molecular weight is 282 g/mol. The fourth-order valence-electron chi connectivity index (χ4n) is 4.49. The highest BCUT2D eigenvalue weighted by Crippen LogP contribution is 2.60. The van der Waals surface area contributed by atoms with Gasteiger partial charge in [0.05, 0.1) is 30.8 Å². The molecule has 2 bridgehead atoms. The second-order valence-corrected chi connectivity index (χ2v) is 6.94. The highest BCUT2D eigenvalue weighted by molar-refractivity contribution is 5.60. The SMILES string of the molecule is O=C1OCC2(CO1)COC(C1CC3CC1C1OC31)OC2. The van der Waals surface area contributed by atoms with Gasteiger partial charge in [-0.2, -0.15) is 0 Å². The van der Waals surface area contributed by atoms with E-state index in [2.05, 4.69) is 0 Å². The maximum atomic E-state index is 10.9. The van der Waals surface area contributed by atoms with E-state index >= 15 is 0 Å². The molecule has 5 unspecified atom stereocenters. The third-order valence-electron chi connectivity index (χ3n) is 5.60. The topological polar surface area (TPSA) is 66.5 Å². The van der Waals surface area contributed by atoms with Gasteiger partial charge in [0.25, 0.3) is 0 Å². The number of carbonyl (C=O) groups is 1. The van der Waals surface area contributed by atoms with E-state index in [0.717, 1.165) is 12.3 Å². The molecule has 0 amide bonds. The fourth-order valence-corrected chi connectivity index (χ4v) is 4.49. The van der Waals surface area contributed by atoms with Gasteiger partial charge in [0.1, 0.15) is 13.2 Å². The lowest BCUT2D eigenvalue weighted by Gasteiger charge is -2.43.